The normalized spacial score (nSPS) is 16.9. The number of rotatable bonds is 3. The fraction of sp³-hybridized carbons (Fsp3) is 0.300. The molecule has 0 bridgehead atoms. The topological polar surface area (TPSA) is 111 Å². The molecule has 1 aliphatic carbocycles. The molecule has 6 nitrogen and oxygen atoms in total. The second kappa shape index (κ2) is 4.34. The van der Waals surface area contributed by atoms with E-state index in [4.69, 9.17) is 10.9 Å². The molecule has 0 radical (unpaired) electrons. The highest BCUT2D eigenvalue weighted by Crippen LogP contribution is 2.23. The smallest absolute Gasteiger partial charge is 0.238 e. The zero-order valence-electron chi connectivity index (χ0n) is 9.13. The number of anilines is 1. The molecule has 1 aromatic carbocycles. The molecule has 0 heterocycles. The molecule has 1 fully saturated rings. The van der Waals surface area contributed by atoms with Gasteiger partial charge < -0.3 is 11.1 Å². The summed E-state index contributed by atoms with van der Waals surface area (Å²) in [6, 6.07) is 6.36. The van der Waals surface area contributed by atoms with Crippen LogP contribution in [0.5, 0.6) is 0 Å². The third-order valence-corrected chi connectivity index (χ3v) is 3.25. The van der Waals surface area contributed by atoms with Crippen LogP contribution in [-0.2, 0) is 10.0 Å². The summed E-state index contributed by atoms with van der Waals surface area (Å²) in [6.07, 6.45) is 2.15. The molecular formula is C10H14N4O2S. The number of hydrogen-bond donors (Lipinski definition) is 3. The van der Waals surface area contributed by atoms with Gasteiger partial charge in [0.2, 0.25) is 10.0 Å². The monoisotopic (exact) mass is 254 g/mol. The summed E-state index contributed by atoms with van der Waals surface area (Å²) in [4.78, 5) is 4.27. The summed E-state index contributed by atoms with van der Waals surface area (Å²) >= 11 is 0. The minimum absolute atomic E-state index is 0.0701. The number of primary sulfonamides is 1. The molecule has 0 saturated heterocycles. The second-order valence-electron chi connectivity index (χ2n) is 3.94. The Kier molecular flexibility index (Phi) is 3.03. The number of guanidine groups is 1. The molecule has 7 heteroatoms. The summed E-state index contributed by atoms with van der Waals surface area (Å²) in [6.45, 7) is 0. The number of nitrogens with two attached hydrogens (primary N) is 2. The van der Waals surface area contributed by atoms with Gasteiger partial charge in [-0.2, -0.15) is 0 Å². The van der Waals surface area contributed by atoms with Crippen molar-refractivity contribution in [2.45, 2.75) is 23.8 Å². The lowest BCUT2D eigenvalue weighted by Gasteiger charge is -2.05. The maximum absolute atomic E-state index is 11.0. The predicted molar refractivity (Wildman–Crippen MR) is 66.1 cm³/mol. The van der Waals surface area contributed by atoms with Crippen LogP contribution in [-0.4, -0.2) is 20.4 Å². The van der Waals surface area contributed by atoms with Gasteiger partial charge in [0.25, 0.3) is 0 Å². The van der Waals surface area contributed by atoms with E-state index in [1.165, 1.54) is 12.1 Å². The van der Waals surface area contributed by atoms with Crippen LogP contribution in [0.15, 0.2) is 34.2 Å². The molecule has 0 spiro atoms. The zero-order valence-corrected chi connectivity index (χ0v) is 9.94. The van der Waals surface area contributed by atoms with Gasteiger partial charge in [-0.15, -0.1) is 0 Å². The summed E-state index contributed by atoms with van der Waals surface area (Å²) in [5.41, 5.74) is 6.35. The standard InChI is InChI=1S/C10H14N4O2S/c11-10(13-7-1-2-7)14-8-3-5-9(6-4-8)17(12,15)16/h3-7H,1-2H2,(H3,11,13,14)(H2,12,15,16). The van der Waals surface area contributed by atoms with Crippen LogP contribution >= 0.6 is 0 Å². The van der Waals surface area contributed by atoms with Crippen molar-refractivity contribution in [3.8, 4) is 0 Å². The first-order valence-electron chi connectivity index (χ1n) is 5.18. The third kappa shape index (κ3) is 3.43. The van der Waals surface area contributed by atoms with Crippen LogP contribution in [0.2, 0.25) is 0 Å². The molecule has 0 aromatic heterocycles. The quantitative estimate of drug-likeness (QED) is 0.529. The summed E-state index contributed by atoms with van der Waals surface area (Å²) in [5, 5.41) is 7.87. The van der Waals surface area contributed by atoms with E-state index in [1.807, 2.05) is 0 Å². The van der Waals surface area contributed by atoms with Gasteiger partial charge in [0, 0.05) is 5.69 Å². The zero-order chi connectivity index (χ0) is 12.5. The van der Waals surface area contributed by atoms with Gasteiger partial charge in [-0.05, 0) is 37.1 Å². The SMILES string of the molecule is NC(=NC1CC1)Nc1ccc(S(N)(=O)=O)cc1. The molecule has 92 valence electrons. The Morgan fingerprint density at radius 3 is 2.35 bits per heavy atom. The highest BCUT2D eigenvalue weighted by Gasteiger charge is 2.20. The molecule has 2 rings (SSSR count). The van der Waals surface area contributed by atoms with Crippen molar-refractivity contribution in [2.24, 2.45) is 15.9 Å². The number of nitrogens with zero attached hydrogens (tertiary/aromatic N) is 1. The first-order chi connectivity index (χ1) is 7.95. The average molecular weight is 254 g/mol. The fourth-order valence-corrected chi connectivity index (χ4v) is 1.82. The van der Waals surface area contributed by atoms with Crippen molar-refractivity contribution in [1.82, 2.24) is 0 Å². The Labute approximate surface area is 99.8 Å². The van der Waals surface area contributed by atoms with Crippen molar-refractivity contribution in [3.05, 3.63) is 24.3 Å². The average Bonchev–Trinajstić information content (AvgIpc) is 3.01. The molecule has 5 N–H and O–H groups in total. The highest BCUT2D eigenvalue weighted by molar-refractivity contribution is 7.89. The Morgan fingerprint density at radius 1 is 1.29 bits per heavy atom. The van der Waals surface area contributed by atoms with Crippen LogP contribution < -0.4 is 16.2 Å². The number of hydrogen-bond acceptors (Lipinski definition) is 3. The van der Waals surface area contributed by atoms with Crippen LogP contribution in [0.25, 0.3) is 0 Å². The number of aliphatic imine (C=N–C) groups is 1. The van der Waals surface area contributed by atoms with E-state index in [0.717, 1.165) is 12.8 Å². The summed E-state index contributed by atoms with van der Waals surface area (Å²) < 4.78 is 22.1. The van der Waals surface area contributed by atoms with Crippen molar-refractivity contribution in [3.63, 3.8) is 0 Å². The fourth-order valence-electron chi connectivity index (χ4n) is 1.31. The van der Waals surface area contributed by atoms with E-state index >= 15 is 0 Å². The summed E-state index contributed by atoms with van der Waals surface area (Å²) in [5.74, 6) is 0.343. The van der Waals surface area contributed by atoms with Crippen LogP contribution in [0.3, 0.4) is 0 Å². The van der Waals surface area contributed by atoms with Gasteiger partial charge in [0.15, 0.2) is 5.96 Å². The molecule has 1 aromatic rings. The summed E-state index contributed by atoms with van der Waals surface area (Å²) in [7, 11) is -3.65. The highest BCUT2D eigenvalue weighted by atomic mass is 32.2. The van der Waals surface area contributed by atoms with Crippen LogP contribution in [0, 0.1) is 0 Å². The number of benzene rings is 1. The lowest BCUT2D eigenvalue weighted by Crippen LogP contribution is -2.23. The molecule has 0 aliphatic heterocycles. The Balaban J connectivity index is 2.07. The third-order valence-electron chi connectivity index (χ3n) is 2.32. The van der Waals surface area contributed by atoms with Crippen LogP contribution in [0.1, 0.15) is 12.8 Å². The van der Waals surface area contributed by atoms with Gasteiger partial charge in [-0.25, -0.2) is 18.5 Å². The minimum Gasteiger partial charge on any atom is -0.370 e. The molecule has 1 saturated carbocycles. The van der Waals surface area contributed by atoms with E-state index in [1.54, 1.807) is 12.1 Å². The van der Waals surface area contributed by atoms with Crippen molar-refractivity contribution < 1.29 is 8.42 Å². The van der Waals surface area contributed by atoms with Gasteiger partial charge >= 0.3 is 0 Å². The van der Waals surface area contributed by atoms with E-state index in [9.17, 15) is 8.42 Å². The Morgan fingerprint density at radius 2 is 1.88 bits per heavy atom. The van der Waals surface area contributed by atoms with Crippen LogP contribution in [0.4, 0.5) is 5.69 Å². The van der Waals surface area contributed by atoms with Crippen molar-refractivity contribution >= 4 is 21.7 Å². The molecule has 0 unspecified atom stereocenters. The molecule has 0 amide bonds. The van der Waals surface area contributed by atoms with Gasteiger partial charge in [-0.3, -0.25) is 0 Å². The predicted octanol–water partition coefficient (Wildman–Crippen LogP) is 0.223. The maximum atomic E-state index is 11.0. The van der Waals surface area contributed by atoms with Crippen molar-refractivity contribution in [2.75, 3.05) is 5.32 Å². The first-order valence-corrected chi connectivity index (χ1v) is 6.73. The maximum Gasteiger partial charge on any atom is 0.238 e. The Bertz CT molecular complexity index is 532. The minimum atomic E-state index is -3.65. The van der Waals surface area contributed by atoms with Gasteiger partial charge in [-0.1, -0.05) is 0 Å². The van der Waals surface area contributed by atoms with Gasteiger partial charge in [0.05, 0.1) is 10.9 Å². The largest absolute Gasteiger partial charge is 0.370 e. The lowest BCUT2D eigenvalue weighted by atomic mass is 10.3. The number of nitrogens with one attached hydrogen (secondary N) is 1. The molecule has 0 atom stereocenters. The van der Waals surface area contributed by atoms with E-state index in [0.29, 0.717) is 17.7 Å². The Hall–Kier alpha value is -1.60. The van der Waals surface area contributed by atoms with Crippen molar-refractivity contribution in [1.29, 1.82) is 0 Å². The number of sulfonamides is 1. The molecular weight excluding hydrogens is 240 g/mol. The first kappa shape index (κ1) is 11.9. The lowest BCUT2D eigenvalue weighted by molar-refractivity contribution is 0.598. The van der Waals surface area contributed by atoms with E-state index in [-0.39, 0.29) is 4.90 Å². The molecule has 17 heavy (non-hydrogen) atoms. The second-order valence-corrected chi connectivity index (χ2v) is 5.50. The van der Waals surface area contributed by atoms with Gasteiger partial charge in [0.1, 0.15) is 0 Å². The van der Waals surface area contributed by atoms with E-state index in [2.05, 4.69) is 10.3 Å². The van der Waals surface area contributed by atoms with E-state index < -0.39 is 10.0 Å². The molecule has 1 aliphatic rings.